The monoisotopic (exact) mass is 274 g/mol. The third-order valence-electron chi connectivity index (χ3n) is 3.12. The predicted octanol–water partition coefficient (Wildman–Crippen LogP) is 1.08. The Morgan fingerprint density at radius 2 is 1.74 bits per heavy atom. The zero-order valence-electron chi connectivity index (χ0n) is 13.5. The number of unbranched alkanes of at least 4 members (excludes halogenated alkanes) is 5. The van der Waals surface area contributed by atoms with Gasteiger partial charge in [-0.1, -0.05) is 57.2 Å². The van der Waals surface area contributed by atoms with Gasteiger partial charge in [-0.2, -0.15) is 0 Å². The molecule has 0 atom stereocenters. The van der Waals surface area contributed by atoms with Gasteiger partial charge in [-0.15, -0.1) is 0 Å². The van der Waals surface area contributed by atoms with Crippen molar-refractivity contribution in [3.05, 3.63) is 29.8 Å². The zero-order chi connectivity index (χ0) is 13.1. The molecule has 0 unspecified atom stereocenters. The number of rotatable bonds is 10. The topological polar surface area (TPSA) is 29.5 Å². The molecule has 1 aromatic rings. The van der Waals surface area contributed by atoms with Gasteiger partial charge < -0.3 is 11.3 Å². The number of para-hydroxylation sites is 1. The number of benzene rings is 1. The quantitative estimate of drug-likeness (QED) is 0.511. The minimum absolute atomic E-state index is 0. The van der Waals surface area contributed by atoms with Crippen LogP contribution in [0.2, 0.25) is 0 Å². The predicted molar refractivity (Wildman–Crippen MR) is 77.2 cm³/mol. The first kappa shape index (κ1) is 19.0. The second-order valence-corrected chi connectivity index (χ2v) is 4.70. The molecule has 1 aromatic carbocycles. The Balaban J connectivity index is 0. The molecule has 0 aliphatic heterocycles. The summed E-state index contributed by atoms with van der Waals surface area (Å²) in [6, 6.07) is 8.15. The molecule has 0 spiro atoms. The largest absolute Gasteiger partial charge is 1.00 e. The number of hydrogen-bond acceptors (Lipinski definition) is 2. The molecule has 0 aliphatic carbocycles. The zero-order valence-corrected chi connectivity index (χ0v) is 14.5. The van der Waals surface area contributed by atoms with Gasteiger partial charge in [0, 0.05) is 0 Å². The van der Waals surface area contributed by atoms with E-state index in [4.69, 9.17) is 9.84 Å². The summed E-state index contributed by atoms with van der Waals surface area (Å²) in [5, 5.41) is 8.79. The van der Waals surface area contributed by atoms with Crippen molar-refractivity contribution in [2.45, 2.75) is 51.9 Å². The van der Waals surface area contributed by atoms with Crippen LogP contribution in [-0.2, 0) is 6.42 Å². The van der Waals surface area contributed by atoms with Crippen LogP contribution in [0.25, 0.3) is 0 Å². The molecular weight excluding hydrogens is 247 g/mol. The van der Waals surface area contributed by atoms with Gasteiger partial charge in [0.05, 0.1) is 6.61 Å². The van der Waals surface area contributed by atoms with Gasteiger partial charge in [0.25, 0.3) is 0 Å². The minimum atomic E-state index is 0. The van der Waals surface area contributed by atoms with E-state index in [1.165, 1.54) is 44.1 Å². The molecule has 0 radical (unpaired) electrons. The Labute approximate surface area is 141 Å². The van der Waals surface area contributed by atoms with Crippen LogP contribution in [0.3, 0.4) is 0 Å². The van der Waals surface area contributed by atoms with Gasteiger partial charge in [-0.25, -0.2) is 0 Å². The van der Waals surface area contributed by atoms with Crippen LogP contribution in [-0.4, -0.2) is 18.3 Å². The third-order valence-corrected chi connectivity index (χ3v) is 3.12. The van der Waals surface area contributed by atoms with Crippen molar-refractivity contribution >= 4 is 0 Å². The number of hydrogen-bond donors (Lipinski definition) is 1. The Kier molecular flexibility index (Phi) is 13.0. The number of aryl methyl sites for hydroxylation is 1. The third kappa shape index (κ3) is 8.69. The van der Waals surface area contributed by atoms with Crippen molar-refractivity contribution in [2.24, 2.45) is 0 Å². The van der Waals surface area contributed by atoms with E-state index in [0.29, 0.717) is 6.61 Å². The summed E-state index contributed by atoms with van der Waals surface area (Å²) < 4.78 is 5.53. The smallest absolute Gasteiger partial charge is 1.00 e. The van der Waals surface area contributed by atoms with Crippen LogP contribution in [0.5, 0.6) is 5.75 Å². The molecule has 0 bridgehead atoms. The van der Waals surface area contributed by atoms with E-state index in [9.17, 15) is 0 Å². The van der Waals surface area contributed by atoms with Crippen molar-refractivity contribution < 1.29 is 40.8 Å². The van der Waals surface area contributed by atoms with Crippen molar-refractivity contribution in [1.29, 1.82) is 0 Å². The van der Waals surface area contributed by atoms with Crippen molar-refractivity contribution in [3.8, 4) is 5.75 Å². The molecule has 3 heteroatoms. The number of aliphatic hydroxyl groups excluding tert-OH is 1. The molecule has 0 saturated carbocycles. The Morgan fingerprint density at radius 3 is 2.47 bits per heavy atom. The van der Waals surface area contributed by atoms with E-state index in [1.54, 1.807) is 0 Å². The Bertz CT molecular complexity index is 321. The molecule has 1 N–H and O–H groups in total. The Morgan fingerprint density at radius 1 is 1.05 bits per heavy atom. The average Bonchev–Trinajstić information content (AvgIpc) is 2.41. The maximum atomic E-state index is 8.79. The maximum absolute atomic E-state index is 8.79. The molecule has 0 heterocycles. The normalized spacial score (nSPS) is 10.0. The molecule has 104 valence electrons. The van der Waals surface area contributed by atoms with Gasteiger partial charge in [0.1, 0.15) is 12.4 Å². The second kappa shape index (κ2) is 13.0. The van der Waals surface area contributed by atoms with Crippen molar-refractivity contribution in [3.63, 3.8) is 0 Å². The van der Waals surface area contributed by atoms with E-state index < -0.39 is 0 Å². The summed E-state index contributed by atoms with van der Waals surface area (Å²) in [6.07, 6.45) is 8.96. The van der Waals surface area contributed by atoms with Crippen molar-refractivity contribution in [2.75, 3.05) is 13.2 Å². The van der Waals surface area contributed by atoms with E-state index in [-0.39, 0.29) is 37.6 Å². The van der Waals surface area contributed by atoms with Crippen molar-refractivity contribution in [1.82, 2.24) is 0 Å². The van der Waals surface area contributed by atoms with Crippen LogP contribution < -0.4 is 34.3 Å². The first-order chi connectivity index (χ1) is 8.88. The van der Waals surface area contributed by atoms with Crippen LogP contribution in [0, 0.1) is 0 Å². The second-order valence-electron chi connectivity index (χ2n) is 4.70. The molecule has 1 rings (SSSR count). The molecule has 0 amide bonds. The summed E-state index contributed by atoms with van der Waals surface area (Å²) in [7, 11) is 0. The molecule has 0 aliphatic rings. The SMILES string of the molecule is CCCCCCCCc1ccccc1OCCO.[H-].[Na+]. The molecule has 2 nitrogen and oxygen atoms in total. The fraction of sp³-hybridized carbons (Fsp3) is 0.625. The molecule has 19 heavy (non-hydrogen) atoms. The molecule has 0 fully saturated rings. The minimum Gasteiger partial charge on any atom is -1.00 e. The summed E-state index contributed by atoms with van der Waals surface area (Å²) in [5.74, 6) is 0.931. The fourth-order valence-electron chi connectivity index (χ4n) is 2.10. The van der Waals surface area contributed by atoms with Gasteiger partial charge in [0.15, 0.2) is 0 Å². The summed E-state index contributed by atoms with van der Waals surface area (Å²) in [4.78, 5) is 0. The summed E-state index contributed by atoms with van der Waals surface area (Å²) >= 11 is 0. The summed E-state index contributed by atoms with van der Waals surface area (Å²) in [5.41, 5.74) is 1.27. The van der Waals surface area contributed by atoms with E-state index in [0.717, 1.165) is 12.2 Å². The van der Waals surface area contributed by atoms with Gasteiger partial charge in [-0.05, 0) is 24.5 Å². The molecular formula is C16H27NaO2. The maximum Gasteiger partial charge on any atom is 1.00 e. The number of aliphatic hydroxyl groups is 1. The van der Waals surface area contributed by atoms with Gasteiger partial charge in [0.2, 0.25) is 0 Å². The fourth-order valence-corrected chi connectivity index (χ4v) is 2.10. The number of ether oxygens (including phenoxy) is 1. The first-order valence-electron chi connectivity index (χ1n) is 7.20. The molecule has 0 aromatic heterocycles. The van der Waals surface area contributed by atoms with Gasteiger partial charge >= 0.3 is 29.6 Å². The van der Waals surface area contributed by atoms with Crippen LogP contribution in [0.15, 0.2) is 24.3 Å². The average molecular weight is 274 g/mol. The molecule has 0 saturated heterocycles. The van der Waals surface area contributed by atoms with Crippen LogP contribution >= 0.6 is 0 Å². The van der Waals surface area contributed by atoms with E-state index in [2.05, 4.69) is 19.1 Å². The van der Waals surface area contributed by atoms with Crippen LogP contribution in [0.1, 0.15) is 52.4 Å². The Hall–Kier alpha value is -0.0200. The first-order valence-corrected chi connectivity index (χ1v) is 7.20. The van der Waals surface area contributed by atoms with Gasteiger partial charge in [-0.3, -0.25) is 0 Å². The van der Waals surface area contributed by atoms with E-state index in [1.807, 2.05) is 12.1 Å². The van der Waals surface area contributed by atoms with Crippen LogP contribution in [0.4, 0.5) is 0 Å². The summed E-state index contributed by atoms with van der Waals surface area (Å²) in [6.45, 7) is 2.70. The standard InChI is InChI=1S/C16H26O2.Na.H/c1-2-3-4-5-6-7-10-15-11-8-9-12-16(15)18-14-13-17;;/h8-9,11-12,17H,2-7,10,13-14H2,1H3;;/q;+1;-1. The van der Waals surface area contributed by atoms with E-state index >= 15 is 0 Å².